The van der Waals surface area contributed by atoms with E-state index in [2.05, 4.69) is 27.5 Å². The van der Waals surface area contributed by atoms with Crippen molar-refractivity contribution in [2.45, 2.75) is 39.7 Å². The quantitative estimate of drug-likeness (QED) is 0.227. The molecule has 0 saturated heterocycles. The highest BCUT2D eigenvalue weighted by Crippen LogP contribution is 2.19. The van der Waals surface area contributed by atoms with E-state index in [-0.39, 0.29) is 36.4 Å². The maximum atomic E-state index is 13.0. The van der Waals surface area contributed by atoms with Gasteiger partial charge in [0.25, 0.3) is 0 Å². The van der Waals surface area contributed by atoms with Gasteiger partial charge in [-0.1, -0.05) is 19.4 Å². The van der Waals surface area contributed by atoms with Gasteiger partial charge in [0.1, 0.15) is 11.6 Å². The lowest BCUT2D eigenvalue weighted by atomic mass is 10.0. The fourth-order valence-corrected chi connectivity index (χ4v) is 2.88. The largest absolute Gasteiger partial charge is 0.439 e. The van der Waals surface area contributed by atoms with Crippen LogP contribution >= 0.6 is 24.0 Å². The molecule has 30 heavy (non-hydrogen) atoms. The third kappa shape index (κ3) is 9.71. The summed E-state index contributed by atoms with van der Waals surface area (Å²) in [7, 11) is 0. The van der Waals surface area contributed by atoms with Crippen LogP contribution in [0.25, 0.3) is 0 Å². The van der Waals surface area contributed by atoms with Crippen molar-refractivity contribution in [2.24, 2.45) is 10.9 Å². The Morgan fingerprint density at radius 1 is 1.13 bits per heavy atom. The van der Waals surface area contributed by atoms with Crippen LogP contribution in [0.4, 0.5) is 4.39 Å². The van der Waals surface area contributed by atoms with Gasteiger partial charge in [0.15, 0.2) is 5.96 Å². The van der Waals surface area contributed by atoms with Crippen molar-refractivity contribution in [3.63, 3.8) is 0 Å². The first kappa shape index (κ1) is 26.1. The highest BCUT2D eigenvalue weighted by atomic mass is 127. The summed E-state index contributed by atoms with van der Waals surface area (Å²) < 4.78 is 18.6. The third-order valence-electron chi connectivity index (χ3n) is 4.39. The van der Waals surface area contributed by atoms with Gasteiger partial charge >= 0.3 is 0 Å². The molecule has 0 aliphatic heterocycles. The van der Waals surface area contributed by atoms with Gasteiger partial charge in [-0.15, -0.1) is 24.0 Å². The summed E-state index contributed by atoms with van der Waals surface area (Å²) in [6.07, 6.45) is 4.68. The molecule has 6 nitrogen and oxygen atoms in total. The highest BCUT2D eigenvalue weighted by Gasteiger charge is 2.08. The molecule has 1 atom stereocenters. The minimum atomic E-state index is -0.305. The van der Waals surface area contributed by atoms with Crippen LogP contribution in [0.3, 0.4) is 0 Å². The van der Waals surface area contributed by atoms with Crippen molar-refractivity contribution >= 4 is 29.9 Å². The summed E-state index contributed by atoms with van der Waals surface area (Å²) in [5.74, 6) is 1.85. The first-order valence-corrected chi connectivity index (χ1v) is 10.2. The Bertz CT molecular complexity index is 736. The molecule has 0 saturated carbocycles. The molecule has 1 aromatic carbocycles. The van der Waals surface area contributed by atoms with E-state index in [0.717, 1.165) is 43.9 Å². The van der Waals surface area contributed by atoms with Crippen LogP contribution in [-0.4, -0.2) is 35.7 Å². The molecule has 2 rings (SSSR count). The predicted octanol–water partition coefficient (Wildman–Crippen LogP) is 4.48. The number of aliphatic hydroxyl groups is 1. The molecule has 1 unspecified atom stereocenters. The van der Waals surface area contributed by atoms with Gasteiger partial charge in [0.2, 0.25) is 5.88 Å². The number of benzene rings is 1. The van der Waals surface area contributed by atoms with E-state index < -0.39 is 0 Å². The van der Waals surface area contributed by atoms with Gasteiger partial charge in [-0.25, -0.2) is 14.4 Å². The topological polar surface area (TPSA) is 78.8 Å². The second kappa shape index (κ2) is 15.0. The number of guanidine groups is 1. The molecule has 0 spiro atoms. The summed E-state index contributed by atoms with van der Waals surface area (Å²) in [6, 6.07) is 9.49. The van der Waals surface area contributed by atoms with Crippen LogP contribution < -0.4 is 15.4 Å². The summed E-state index contributed by atoms with van der Waals surface area (Å²) in [6.45, 7) is 6.42. The first-order valence-electron chi connectivity index (χ1n) is 10.2. The Kier molecular flexibility index (Phi) is 13.0. The van der Waals surface area contributed by atoms with E-state index in [9.17, 15) is 9.50 Å². The van der Waals surface area contributed by atoms with Crippen LogP contribution in [-0.2, 0) is 6.54 Å². The zero-order chi connectivity index (χ0) is 20.9. The number of nitrogens with one attached hydrogen (secondary N) is 2. The Morgan fingerprint density at radius 3 is 2.50 bits per heavy atom. The second-order valence-corrected chi connectivity index (χ2v) is 6.80. The highest BCUT2D eigenvalue weighted by molar-refractivity contribution is 14.0. The van der Waals surface area contributed by atoms with Crippen LogP contribution in [0.5, 0.6) is 11.6 Å². The van der Waals surface area contributed by atoms with E-state index >= 15 is 0 Å². The van der Waals surface area contributed by atoms with Gasteiger partial charge in [0.05, 0.1) is 6.54 Å². The van der Waals surface area contributed by atoms with Crippen molar-refractivity contribution in [1.82, 2.24) is 15.6 Å². The molecule has 0 radical (unpaired) electrons. The van der Waals surface area contributed by atoms with Crippen LogP contribution in [0.1, 0.15) is 38.7 Å². The monoisotopic (exact) mass is 530 g/mol. The maximum absolute atomic E-state index is 13.0. The number of nitrogens with zero attached hydrogens (tertiary/aromatic N) is 2. The van der Waals surface area contributed by atoms with Crippen molar-refractivity contribution in [1.29, 1.82) is 0 Å². The van der Waals surface area contributed by atoms with E-state index in [1.807, 2.05) is 13.0 Å². The second-order valence-electron chi connectivity index (χ2n) is 6.80. The number of pyridine rings is 1. The first-order chi connectivity index (χ1) is 14.1. The molecule has 3 N–H and O–H groups in total. The van der Waals surface area contributed by atoms with Crippen LogP contribution in [0.15, 0.2) is 47.6 Å². The molecule has 1 aromatic heterocycles. The van der Waals surface area contributed by atoms with Gasteiger partial charge in [-0.05, 0) is 55.5 Å². The maximum Gasteiger partial charge on any atom is 0.219 e. The summed E-state index contributed by atoms with van der Waals surface area (Å²) in [4.78, 5) is 8.90. The SMILES string of the molecule is CCCC(CCO)CNC(=NCc1ccc(Oc2ccc(F)cc2)nc1)NCC.I. The van der Waals surface area contributed by atoms with Crippen LogP contribution in [0, 0.1) is 11.7 Å². The molecular formula is C22H32FIN4O2. The minimum absolute atomic E-state index is 0. The molecule has 0 bridgehead atoms. The molecule has 166 valence electrons. The van der Waals surface area contributed by atoms with E-state index in [1.54, 1.807) is 24.4 Å². The Hall–Kier alpha value is -1.94. The number of hydrogen-bond acceptors (Lipinski definition) is 4. The fraction of sp³-hybridized carbons (Fsp3) is 0.455. The number of aliphatic hydroxyl groups excluding tert-OH is 1. The van der Waals surface area contributed by atoms with Crippen molar-refractivity contribution in [3.05, 3.63) is 54.0 Å². The standard InChI is InChI=1S/C22H31FN4O2.HI/c1-3-5-17(12-13-28)14-26-22(24-4-2)27-16-18-6-11-21(25-15-18)29-20-9-7-19(23)8-10-20;/h6-11,15,17,28H,3-5,12-14,16H2,1-2H3,(H2,24,26,27);1H. The Morgan fingerprint density at radius 2 is 1.90 bits per heavy atom. The molecule has 0 aliphatic rings. The zero-order valence-corrected chi connectivity index (χ0v) is 19.9. The number of rotatable bonds is 11. The molecule has 1 heterocycles. The fourth-order valence-electron chi connectivity index (χ4n) is 2.88. The average Bonchev–Trinajstić information content (AvgIpc) is 2.73. The Labute approximate surface area is 195 Å². The summed E-state index contributed by atoms with van der Waals surface area (Å²) in [5, 5.41) is 15.8. The predicted molar refractivity (Wildman–Crippen MR) is 129 cm³/mol. The molecule has 0 fully saturated rings. The van der Waals surface area contributed by atoms with Crippen molar-refractivity contribution in [2.75, 3.05) is 19.7 Å². The van der Waals surface area contributed by atoms with E-state index in [0.29, 0.717) is 24.1 Å². The van der Waals surface area contributed by atoms with Gasteiger partial charge in [0, 0.05) is 32.0 Å². The molecule has 0 amide bonds. The smallest absolute Gasteiger partial charge is 0.219 e. The van der Waals surface area contributed by atoms with Gasteiger partial charge in [-0.3, -0.25) is 0 Å². The van der Waals surface area contributed by atoms with Crippen LogP contribution in [0.2, 0.25) is 0 Å². The lowest BCUT2D eigenvalue weighted by molar-refractivity contribution is 0.251. The number of halogens is 2. The van der Waals surface area contributed by atoms with Crippen molar-refractivity contribution < 1.29 is 14.2 Å². The van der Waals surface area contributed by atoms with E-state index in [1.165, 1.54) is 12.1 Å². The lowest BCUT2D eigenvalue weighted by Gasteiger charge is -2.18. The average molecular weight is 530 g/mol. The number of aliphatic imine (C=N–C) groups is 1. The third-order valence-corrected chi connectivity index (χ3v) is 4.39. The molecule has 0 aliphatic carbocycles. The normalized spacial score (nSPS) is 12.1. The summed E-state index contributed by atoms with van der Waals surface area (Å²) >= 11 is 0. The summed E-state index contributed by atoms with van der Waals surface area (Å²) in [5.41, 5.74) is 0.953. The van der Waals surface area contributed by atoms with E-state index in [4.69, 9.17) is 4.74 Å². The van der Waals surface area contributed by atoms with Gasteiger partial charge < -0.3 is 20.5 Å². The molecule has 8 heteroatoms. The zero-order valence-electron chi connectivity index (χ0n) is 17.6. The lowest BCUT2D eigenvalue weighted by Crippen LogP contribution is -2.40. The molecule has 2 aromatic rings. The number of ether oxygens (including phenoxy) is 1. The number of hydrogen-bond donors (Lipinski definition) is 3. The Balaban J connectivity index is 0.00000450. The minimum Gasteiger partial charge on any atom is -0.439 e. The van der Waals surface area contributed by atoms with Gasteiger partial charge in [-0.2, -0.15) is 0 Å². The number of aromatic nitrogens is 1. The molecular weight excluding hydrogens is 498 g/mol. The van der Waals surface area contributed by atoms with Crippen molar-refractivity contribution in [3.8, 4) is 11.6 Å².